The summed E-state index contributed by atoms with van der Waals surface area (Å²) < 4.78 is 52.8. The number of nitrogens with one attached hydrogen (secondary N) is 1. The van der Waals surface area contributed by atoms with Crippen LogP contribution < -0.4 is 15.1 Å². The molecule has 8 rings (SSSR count). The van der Waals surface area contributed by atoms with Crippen molar-refractivity contribution in [1.82, 2.24) is 5.32 Å². The zero-order valence-electron chi connectivity index (χ0n) is 36.1. The molecular formula is C46H55N2O14P2-. The number of carbonyl (C=O) groups excluding carboxylic acids is 4. The Balaban J connectivity index is 0.849. The van der Waals surface area contributed by atoms with Crippen LogP contribution in [0.5, 0.6) is 0 Å². The second-order valence-electron chi connectivity index (χ2n) is 18.1. The Kier molecular flexibility index (Phi) is 13.1. The molecule has 6 aliphatic rings. The lowest BCUT2D eigenvalue weighted by Gasteiger charge is -2.59. The first-order valence-electron chi connectivity index (χ1n) is 21.9. The zero-order chi connectivity index (χ0) is 45.7. The molecule has 2 aliphatic heterocycles. The van der Waals surface area contributed by atoms with Crippen LogP contribution in [0, 0.1) is 28.6 Å². The van der Waals surface area contributed by atoms with E-state index in [1.807, 2.05) is 87.5 Å². The minimum atomic E-state index is -5.68. The van der Waals surface area contributed by atoms with Crippen molar-refractivity contribution in [2.24, 2.45) is 28.6 Å². The number of allylic oxidation sites excluding steroid dienone is 4. The predicted molar refractivity (Wildman–Crippen MR) is 231 cm³/mol. The second kappa shape index (κ2) is 18.0. The molecule has 2 amide bonds. The lowest BCUT2D eigenvalue weighted by atomic mass is 9.46. The third-order valence-corrected chi connectivity index (χ3v) is 17.0. The van der Waals surface area contributed by atoms with Gasteiger partial charge >= 0.3 is 7.82 Å². The van der Waals surface area contributed by atoms with Crippen molar-refractivity contribution in [3.8, 4) is 0 Å². The molecule has 2 aromatic rings. The number of anilines is 1. The van der Waals surface area contributed by atoms with E-state index in [-0.39, 0.29) is 55.3 Å². The third kappa shape index (κ3) is 8.75. The largest absolute Gasteiger partial charge is 0.756 e. The number of para-hydroxylation sites is 1. The smallest absolute Gasteiger partial charge is 0.478 e. The Morgan fingerprint density at radius 2 is 1.75 bits per heavy atom. The fourth-order valence-electron chi connectivity index (χ4n) is 11.6. The number of ether oxygens (including phenoxy) is 2. The van der Waals surface area contributed by atoms with E-state index in [1.165, 1.54) is 0 Å². The highest BCUT2D eigenvalue weighted by atomic mass is 31.3. The van der Waals surface area contributed by atoms with Crippen molar-refractivity contribution in [3.63, 3.8) is 0 Å². The van der Waals surface area contributed by atoms with Crippen molar-refractivity contribution in [3.05, 3.63) is 89.0 Å². The summed E-state index contributed by atoms with van der Waals surface area (Å²) >= 11 is 0. The molecule has 0 aromatic heterocycles. The van der Waals surface area contributed by atoms with Gasteiger partial charge in [-0.3, -0.25) is 28.3 Å². The summed E-state index contributed by atoms with van der Waals surface area (Å²) in [7, 11) is -11.0. The number of rotatable bonds is 15. The molecule has 4 aliphatic carbocycles. The van der Waals surface area contributed by atoms with E-state index in [9.17, 15) is 43.2 Å². The Labute approximate surface area is 372 Å². The van der Waals surface area contributed by atoms with Crippen molar-refractivity contribution >= 4 is 56.9 Å². The molecule has 344 valence electrons. The van der Waals surface area contributed by atoms with Crippen LogP contribution >= 0.6 is 15.6 Å². The molecule has 3 saturated carbocycles. The van der Waals surface area contributed by atoms with Crippen LogP contribution in [0.1, 0.15) is 88.8 Å². The number of fused-ring (bicyclic) bond motifs is 9. The number of phosphoric acid groups is 2. The number of nitrogens with zero attached hydrogens (tertiary/aromatic N) is 1. The average molecular weight is 922 g/mol. The number of hydrogen-bond donors (Lipinski definition) is 3. The topological polar surface area (TPSA) is 227 Å². The van der Waals surface area contributed by atoms with Gasteiger partial charge in [-0.25, -0.2) is 8.88 Å². The van der Waals surface area contributed by atoms with E-state index >= 15 is 0 Å². The zero-order valence-corrected chi connectivity index (χ0v) is 37.9. The Bertz CT molecular complexity index is 2390. The summed E-state index contributed by atoms with van der Waals surface area (Å²) in [5, 5.41) is 14.4. The molecule has 18 heteroatoms. The fraction of sp³-hybridized carbons (Fsp3) is 0.522. The molecule has 64 heavy (non-hydrogen) atoms. The Morgan fingerprint density at radius 3 is 2.53 bits per heavy atom. The summed E-state index contributed by atoms with van der Waals surface area (Å²) in [6.45, 7) is 4.06. The molecule has 4 fully saturated rings. The third-order valence-electron chi connectivity index (χ3n) is 14.4. The highest BCUT2D eigenvalue weighted by Crippen LogP contribution is 2.70. The van der Waals surface area contributed by atoms with Crippen molar-refractivity contribution in [2.45, 2.75) is 103 Å². The van der Waals surface area contributed by atoms with Gasteiger partial charge in [0.2, 0.25) is 11.8 Å². The van der Waals surface area contributed by atoms with Crippen LogP contribution in [0.25, 0.3) is 12.2 Å². The van der Waals surface area contributed by atoms with Gasteiger partial charge < -0.3 is 39.1 Å². The number of aliphatic hydroxyl groups excluding tert-OH is 1. The monoisotopic (exact) mass is 921 g/mol. The highest BCUT2D eigenvalue weighted by molar-refractivity contribution is 7.60. The minimum Gasteiger partial charge on any atom is -0.756 e. The van der Waals surface area contributed by atoms with Crippen molar-refractivity contribution < 1.29 is 66.0 Å². The molecular weight excluding hydrogens is 866 g/mol. The number of Topliss-reactive ketones (excluding diaryl/α,β-unsaturated/α-hetero) is 1. The first-order valence-corrected chi connectivity index (χ1v) is 24.9. The number of aliphatic hydroxyl groups is 1. The number of hydrogen-bond acceptors (Lipinski definition) is 13. The van der Waals surface area contributed by atoms with Crippen molar-refractivity contribution in [2.75, 3.05) is 24.7 Å². The molecule has 2 heterocycles. The summed E-state index contributed by atoms with van der Waals surface area (Å²) in [5.41, 5.74) is 1.14. The van der Waals surface area contributed by atoms with Gasteiger partial charge in [0.15, 0.2) is 23.5 Å². The van der Waals surface area contributed by atoms with Crippen LogP contribution in [-0.2, 0) is 57.7 Å². The predicted octanol–water partition coefficient (Wildman–Crippen LogP) is 5.96. The maximum atomic E-state index is 14.4. The quantitative estimate of drug-likeness (QED) is 0.139. The first kappa shape index (κ1) is 46.6. The Hall–Kier alpha value is -3.92. The van der Waals surface area contributed by atoms with E-state index in [0.717, 1.165) is 22.3 Å². The lowest BCUT2D eigenvalue weighted by Crippen LogP contribution is -2.63. The van der Waals surface area contributed by atoms with Gasteiger partial charge in [0.05, 0.1) is 31.0 Å². The Morgan fingerprint density at radius 1 is 1.02 bits per heavy atom. The van der Waals surface area contributed by atoms with E-state index in [2.05, 4.69) is 9.63 Å². The SMILES string of the molecule is CCCC1O[C@@H]2C[C@H]3[C@@H]4CCC5=CC(=O)C=C[C@]5(C)[C@H]4[C@@H](O)C[C@]3(C)[C@]2(C(=O)COP(=O)([O-])OP(=O)(O)OCCNC(=O)CCC(=O)N2Cc3ccccc3/C=C\c3ccccc32)O1. The first-order chi connectivity index (χ1) is 30.4. The van der Waals surface area contributed by atoms with Crippen molar-refractivity contribution in [1.29, 1.82) is 0 Å². The second-order valence-corrected chi connectivity index (χ2v) is 21.1. The van der Waals surface area contributed by atoms with Gasteiger partial charge in [0.1, 0.15) is 6.61 Å². The summed E-state index contributed by atoms with van der Waals surface area (Å²) in [5.74, 6) is -2.21. The summed E-state index contributed by atoms with van der Waals surface area (Å²) in [6, 6.07) is 15.2. The maximum absolute atomic E-state index is 14.4. The summed E-state index contributed by atoms with van der Waals surface area (Å²) in [6.07, 6.45) is 9.19. The van der Waals surface area contributed by atoms with Gasteiger partial charge in [-0.2, -0.15) is 0 Å². The van der Waals surface area contributed by atoms with Gasteiger partial charge in [-0.15, -0.1) is 0 Å². The molecule has 11 atom stereocenters. The molecule has 0 radical (unpaired) electrons. The normalized spacial score (nSPS) is 33.6. The number of carbonyl (C=O) groups is 4. The molecule has 16 nitrogen and oxygen atoms in total. The standard InChI is InChI=1S/C46H56N2O14P2/c1-4-9-42-60-39-25-35-34-17-16-32-24-33(49)20-21-44(32,2)43(34)37(50)26-45(35,3)46(39,61-42)38(51)28-59-64(56,57)62-63(54,55)58-23-22-47-40(52)18-19-41(53)48-27-31-12-6-5-10-29(31)14-15-30-11-7-8-13-36(30)48/h5-8,10-15,20-21,24,34-35,37,39,42-43,50H,4,9,16-19,22-23,25-28H2,1-3H3,(H,47,52)(H,54,55)(H,56,57)/p-1/b15-14-/t34-,35-,37-,39+,42?,43+,44-,45-,46+/m0/s1. The van der Waals surface area contributed by atoms with Gasteiger partial charge in [-0.1, -0.05) is 93.5 Å². The van der Waals surface area contributed by atoms with Crippen LogP contribution in [-0.4, -0.2) is 77.2 Å². The van der Waals surface area contributed by atoms with Crippen LogP contribution in [0.3, 0.4) is 0 Å². The molecule has 2 aromatic carbocycles. The molecule has 1 saturated heterocycles. The average Bonchev–Trinajstić information content (AvgIpc) is 3.72. The van der Waals surface area contributed by atoms with Gasteiger partial charge in [0, 0.05) is 36.1 Å². The minimum absolute atomic E-state index is 0.0796. The number of ketones is 2. The van der Waals surface area contributed by atoms with E-state index in [1.54, 1.807) is 17.1 Å². The molecule has 3 N–H and O–H groups in total. The van der Waals surface area contributed by atoms with Crippen LogP contribution in [0.4, 0.5) is 5.69 Å². The van der Waals surface area contributed by atoms with E-state index < -0.39 is 75.5 Å². The van der Waals surface area contributed by atoms with Gasteiger partial charge in [-0.05, 0) is 78.8 Å². The summed E-state index contributed by atoms with van der Waals surface area (Å²) in [4.78, 5) is 77.8. The molecule has 0 bridgehead atoms. The fourth-order valence-corrected chi connectivity index (χ4v) is 13.6. The van der Waals surface area contributed by atoms with E-state index in [0.29, 0.717) is 44.3 Å². The number of benzene rings is 2. The highest BCUT2D eigenvalue weighted by Gasteiger charge is 2.75. The maximum Gasteiger partial charge on any atom is 0.478 e. The number of amides is 2. The molecule has 0 spiro atoms. The van der Waals surface area contributed by atoms with Gasteiger partial charge in [0.25, 0.3) is 7.82 Å². The van der Waals surface area contributed by atoms with E-state index in [4.69, 9.17) is 18.5 Å². The van der Waals surface area contributed by atoms with Crippen LogP contribution in [0.15, 0.2) is 72.3 Å². The number of phosphoric ester groups is 2. The molecule has 3 unspecified atom stereocenters. The van der Waals surface area contributed by atoms with Crippen LogP contribution in [0.2, 0.25) is 0 Å². The lowest BCUT2D eigenvalue weighted by molar-refractivity contribution is -0.221.